The Labute approximate surface area is 252 Å². The topological polar surface area (TPSA) is 56.7 Å². The molecule has 0 atom stereocenters. The lowest BCUT2D eigenvalue weighted by atomic mass is 10.0. The zero-order valence-corrected chi connectivity index (χ0v) is 26.0. The zero-order chi connectivity index (χ0) is 30.1. The molecule has 0 radical (unpaired) electrons. The number of benzene rings is 1. The minimum Gasteiger partial charge on any atom is -0.394 e. The Kier molecular flexibility index (Phi) is 12.3. The number of aliphatic hydroxyl groups excluding tert-OH is 1. The number of nitrogens with zero attached hydrogens (tertiary/aromatic N) is 3. The van der Waals surface area contributed by atoms with Gasteiger partial charge in [0.25, 0.3) is 0 Å². The SMILES string of the molecule is CCc1c(C)c2c3c(C(F)(F)F)cc(=S)[nH]c3ccc2n1CCCCCCCCCN1CCN(CCOCCO)CC1. The molecule has 1 aromatic carbocycles. The molecule has 1 saturated heterocycles. The van der Waals surface area contributed by atoms with Gasteiger partial charge in [-0.05, 0) is 56.5 Å². The minimum atomic E-state index is -4.47. The molecule has 10 heteroatoms. The molecule has 6 nitrogen and oxygen atoms in total. The molecule has 0 aliphatic carbocycles. The number of aromatic nitrogens is 2. The number of piperazine rings is 1. The third-order valence-corrected chi connectivity index (χ3v) is 8.88. The lowest BCUT2D eigenvalue weighted by molar-refractivity contribution is -0.136. The first-order valence-electron chi connectivity index (χ1n) is 15.6. The molecule has 2 aromatic heterocycles. The van der Waals surface area contributed by atoms with Gasteiger partial charge in [0.15, 0.2) is 0 Å². The van der Waals surface area contributed by atoms with Crippen molar-refractivity contribution in [1.29, 1.82) is 0 Å². The van der Waals surface area contributed by atoms with E-state index in [0.717, 1.165) is 81.4 Å². The van der Waals surface area contributed by atoms with E-state index in [1.807, 2.05) is 13.0 Å². The fourth-order valence-corrected chi connectivity index (χ4v) is 6.69. The summed E-state index contributed by atoms with van der Waals surface area (Å²) in [6, 6.07) is 4.75. The molecule has 1 aliphatic rings. The van der Waals surface area contributed by atoms with Gasteiger partial charge in [0.1, 0.15) is 4.64 Å². The van der Waals surface area contributed by atoms with E-state index in [-0.39, 0.29) is 16.6 Å². The molecule has 234 valence electrons. The number of hydrogen-bond acceptors (Lipinski definition) is 5. The van der Waals surface area contributed by atoms with Gasteiger partial charge in [-0.2, -0.15) is 13.2 Å². The van der Waals surface area contributed by atoms with Gasteiger partial charge in [-0.25, -0.2) is 0 Å². The molecule has 42 heavy (non-hydrogen) atoms. The van der Waals surface area contributed by atoms with Gasteiger partial charge in [0, 0.05) is 66.8 Å². The quantitative estimate of drug-likeness (QED) is 0.134. The van der Waals surface area contributed by atoms with Crippen molar-refractivity contribution in [3.63, 3.8) is 0 Å². The third-order valence-electron chi connectivity index (χ3n) is 8.66. The second kappa shape index (κ2) is 15.7. The number of nitrogens with one attached hydrogen (secondary N) is 1. The summed E-state index contributed by atoms with van der Waals surface area (Å²) >= 11 is 5.10. The van der Waals surface area contributed by atoms with Crippen molar-refractivity contribution in [3.8, 4) is 0 Å². The summed E-state index contributed by atoms with van der Waals surface area (Å²) in [5.41, 5.74) is 2.71. The van der Waals surface area contributed by atoms with E-state index in [1.54, 1.807) is 6.07 Å². The summed E-state index contributed by atoms with van der Waals surface area (Å²) in [5, 5.41) is 9.71. The van der Waals surface area contributed by atoms with Crippen LogP contribution in [0, 0.1) is 11.6 Å². The molecule has 0 amide bonds. The van der Waals surface area contributed by atoms with Crippen LogP contribution in [0.15, 0.2) is 18.2 Å². The Morgan fingerprint density at radius 1 is 0.881 bits per heavy atom. The van der Waals surface area contributed by atoms with Gasteiger partial charge in [-0.1, -0.05) is 51.2 Å². The Morgan fingerprint density at radius 3 is 2.12 bits per heavy atom. The minimum absolute atomic E-state index is 0.0877. The van der Waals surface area contributed by atoms with Crippen molar-refractivity contribution in [2.24, 2.45) is 0 Å². The van der Waals surface area contributed by atoms with Crippen molar-refractivity contribution >= 4 is 34.0 Å². The van der Waals surface area contributed by atoms with E-state index in [4.69, 9.17) is 22.1 Å². The number of aliphatic hydroxyl groups is 1. The second-order valence-corrected chi connectivity index (χ2v) is 11.9. The molecule has 0 spiro atoms. The van der Waals surface area contributed by atoms with Crippen LogP contribution in [-0.4, -0.2) is 83.5 Å². The standard InChI is InChI=1S/C32H47F3N4O2S/c1-3-27-24(2)30-28(12-11-26-31(30)25(32(33,34)35)23-29(42)36-26)39(27)14-10-8-6-4-5-7-9-13-37-15-17-38(18-16-37)19-21-41-22-20-40/h11-12,23,40H,3-10,13-22H2,1-2H3,(H,36,42). The van der Waals surface area contributed by atoms with Gasteiger partial charge in [-0.15, -0.1) is 0 Å². The van der Waals surface area contributed by atoms with Crippen molar-refractivity contribution in [1.82, 2.24) is 19.4 Å². The summed E-state index contributed by atoms with van der Waals surface area (Å²) in [5.74, 6) is 0. The molecule has 1 fully saturated rings. The number of fused-ring (bicyclic) bond motifs is 3. The van der Waals surface area contributed by atoms with Crippen LogP contribution in [-0.2, 0) is 23.9 Å². The Hall–Kier alpha value is -1.98. The van der Waals surface area contributed by atoms with E-state index in [2.05, 4.69) is 26.3 Å². The first kappa shape index (κ1) is 32.9. The second-order valence-electron chi connectivity index (χ2n) is 11.5. The normalized spacial score (nSPS) is 15.4. The maximum absolute atomic E-state index is 14.0. The first-order valence-corrected chi connectivity index (χ1v) is 16.0. The van der Waals surface area contributed by atoms with Crippen LogP contribution in [0.4, 0.5) is 13.2 Å². The highest BCUT2D eigenvalue weighted by Crippen LogP contribution is 2.40. The van der Waals surface area contributed by atoms with E-state index in [1.165, 1.54) is 38.6 Å². The van der Waals surface area contributed by atoms with E-state index in [9.17, 15) is 13.2 Å². The Bertz CT molecular complexity index is 1350. The Morgan fingerprint density at radius 2 is 1.50 bits per heavy atom. The van der Waals surface area contributed by atoms with Crippen molar-refractivity contribution < 1.29 is 23.0 Å². The predicted octanol–water partition coefficient (Wildman–Crippen LogP) is 7.10. The van der Waals surface area contributed by atoms with Crippen LogP contribution in [0.2, 0.25) is 0 Å². The molecule has 0 bridgehead atoms. The van der Waals surface area contributed by atoms with Gasteiger partial charge in [0.2, 0.25) is 0 Å². The summed E-state index contributed by atoms with van der Waals surface area (Å²) in [4.78, 5) is 7.97. The summed E-state index contributed by atoms with van der Waals surface area (Å²) < 4.78 is 49.8. The lowest BCUT2D eigenvalue weighted by Crippen LogP contribution is -2.47. The van der Waals surface area contributed by atoms with Gasteiger partial charge < -0.3 is 24.3 Å². The van der Waals surface area contributed by atoms with Crippen molar-refractivity contribution in [2.75, 3.05) is 59.1 Å². The maximum atomic E-state index is 14.0. The van der Waals surface area contributed by atoms with Gasteiger partial charge >= 0.3 is 6.18 Å². The number of hydrogen-bond donors (Lipinski definition) is 2. The highest BCUT2D eigenvalue weighted by atomic mass is 32.1. The molecule has 1 aliphatic heterocycles. The Balaban J connectivity index is 1.21. The number of rotatable bonds is 16. The van der Waals surface area contributed by atoms with Crippen LogP contribution in [0.3, 0.4) is 0 Å². The van der Waals surface area contributed by atoms with Crippen molar-refractivity contribution in [3.05, 3.63) is 39.7 Å². The maximum Gasteiger partial charge on any atom is 0.417 e. The molecule has 3 aromatic rings. The highest BCUT2D eigenvalue weighted by Gasteiger charge is 2.34. The van der Waals surface area contributed by atoms with Crippen LogP contribution >= 0.6 is 12.2 Å². The molecule has 2 N–H and O–H groups in total. The van der Waals surface area contributed by atoms with Crippen LogP contribution in [0.25, 0.3) is 21.8 Å². The number of aryl methyl sites for hydroxylation is 2. The van der Waals surface area contributed by atoms with E-state index < -0.39 is 11.7 Å². The smallest absolute Gasteiger partial charge is 0.394 e. The molecule has 4 rings (SSSR count). The fraction of sp³-hybridized carbons (Fsp3) is 0.656. The predicted molar refractivity (Wildman–Crippen MR) is 167 cm³/mol. The number of halogens is 3. The molecular weight excluding hydrogens is 561 g/mol. The van der Waals surface area contributed by atoms with E-state index >= 15 is 0 Å². The first-order chi connectivity index (χ1) is 20.2. The van der Waals surface area contributed by atoms with Gasteiger partial charge in [-0.3, -0.25) is 4.90 Å². The van der Waals surface area contributed by atoms with Crippen LogP contribution in [0.1, 0.15) is 68.7 Å². The number of ether oxygens (including phenoxy) is 1. The molecule has 3 heterocycles. The number of pyridine rings is 1. The zero-order valence-electron chi connectivity index (χ0n) is 25.2. The monoisotopic (exact) mass is 608 g/mol. The van der Waals surface area contributed by atoms with Crippen LogP contribution in [0.5, 0.6) is 0 Å². The van der Waals surface area contributed by atoms with E-state index in [0.29, 0.717) is 24.1 Å². The number of unbranched alkanes of at least 4 members (excludes halogenated alkanes) is 6. The number of H-pyrrole nitrogens is 1. The van der Waals surface area contributed by atoms with Gasteiger partial charge in [0.05, 0.1) is 25.4 Å². The van der Waals surface area contributed by atoms with Crippen LogP contribution < -0.4 is 0 Å². The lowest BCUT2D eigenvalue weighted by Gasteiger charge is -2.34. The average Bonchev–Trinajstić information content (AvgIpc) is 3.24. The number of aromatic amines is 1. The van der Waals surface area contributed by atoms with Crippen molar-refractivity contribution in [2.45, 2.75) is 77.9 Å². The summed E-state index contributed by atoms with van der Waals surface area (Å²) in [7, 11) is 0. The number of alkyl halides is 3. The molecule has 0 unspecified atom stereocenters. The average molecular weight is 609 g/mol. The highest BCUT2D eigenvalue weighted by molar-refractivity contribution is 7.71. The third kappa shape index (κ3) is 8.34. The molecular formula is C32H47F3N4O2S. The fourth-order valence-electron chi connectivity index (χ4n) is 6.47. The summed E-state index contributed by atoms with van der Waals surface area (Å²) in [6.45, 7) is 12.6. The largest absolute Gasteiger partial charge is 0.417 e. The molecule has 0 saturated carbocycles. The summed E-state index contributed by atoms with van der Waals surface area (Å²) in [6.07, 6.45) is 4.62.